The van der Waals surface area contributed by atoms with Gasteiger partial charge in [-0.15, -0.1) is 0 Å². The third kappa shape index (κ3) is 3.83. The van der Waals surface area contributed by atoms with Crippen LogP contribution >= 0.6 is 0 Å². The molecule has 5 nitrogen and oxygen atoms in total. The number of hydrogen-bond donors (Lipinski definition) is 0. The molecule has 0 aliphatic carbocycles. The zero-order valence-corrected chi connectivity index (χ0v) is 15.7. The molecule has 0 spiro atoms. The van der Waals surface area contributed by atoms with Crippen molar-refractivity contribution in [2.75, 3.05) is 20.8 Å². The topological polar surface area (TPSA) is 47.7 Å². The van der Waals surface area contributed by atoms with Crippen LogP contribution in [0.1, 0.15) is 30.1 Å². The van der Waals surface area contributed by atoms with Crippen molar-refractivity contribution < 1.29 is 13.9 Å². The number of methoxy groups -OCH3 is 2. The highest BCUT2D eigenvalue weighted by molar-refractivity contribution is 5.54. The van der Waals surface area contributed by atoms with Crippen LogP contribution < -0.4 is 9.47 Å². The molecule has 1 aliphatic rings. The Labute approximate surface area is 159 Å². The molecule has 1 aliphatic heterocycles. The smallest absolute Gasteiger partial charge is 0.226 e. The summed E-state index contributed by atoms with van der Waals surface area (Å²) in [5.74, 6) is 2.37. The van der Waals surface area contributed by atoms with Gasteiger partial charge in [-0.25, -0.2) is 4.98 Å². The molecule has 0 N–H and O–H groups in total. The van der Waals surface area contributed by atoms with Gasteiger partial charge < -0.3 is 13.9 Å². The number of rotatable bonds is 6. The number of likely N-dealkylation sites (tertiary alicyclic amines) is 1. The summed E-state index contributed by atoms with van der Waals surface area (Å²) in [6, 6.07) is 16.5. The lowest BCUT2D eigenvalue weighted by molar-refractivity contribution is 0.245. The van der Waals surface area contributed by atoms with E-state index in [1.54, 1.807) is 20.5 Å². The predicted octanol–water partition coefficient (Wildman–Crippen LogP) is 4.70. The Hall–Kier alpha value is -2.79. The zero-order chi connectivity index (χ0) is 18.6. The second kappa shape index (κ2) is 7.84. The first-order chi connectivity index (χ1) is 13.3. The predicted molar refractivity (Wildman–Crippen MR) is 104 cm³/mol. The van der Waals surface area contributed by atoms with Gasteiger partial charge in [0.05, 0.1) is 19.9 Å². The van der Waals surface area contributed by atoms with Crippen molar-refractivity contribution in [3.8, 4) is 23.0 Å². The Kier molecular flexibility index (Phi) is 5.12. The average molecular weight is 364 g/mol. The molecule has 2 aromatic carbocycles. The molecule has 27 heavy (non-hydrogen) atoms. The zero-order valence-electron chi connectivity index (χ0n) is 15.7. The van der Waals surface area contributed by atoms with Crippen molar-refractivity contribution in [2.45, 2.75) is 25.4 Å². The van der Waals surface area contributed by atoms with Crippen LogP contribution in [-0.2, 0) is 6.54 Å². The summed E-state index contributed by atoms with van der Waals surface area (Å²) in [5.41, 5.74) is 3.20. The van der Waals surface area contributed by atoms with Gasteiger partial charge in [0.25, 0.3) is 0 Å². The summed E-state index contributed by atoms with van der Waals surface area (Å²) in [6.45, 7) is 1.84. The van der Waals surface area contributed by atoms with Gasteiger partial charge in [0, 0.05) is 18.2 Å². The Morgan fingerprint density at radius 1 is 1.07 bits per heavy atom. The number of benzene rings is 2. The van der Waals surface area contributed by atoms with Crippen LogP contribution in [0.15, 0.2) is 59.2 Å². The molecule has 0 amide bonds. The summed E-state index contributed by atoms with van der Waals surface area (Å²) in [4.78, 5) is 7.15. The van der Waals surface area contributed by atoms with Crippen molar-refractivity contribution in [2.24, 2.45) is 0 Å². The second-order valence-electron chi connectivity index (χ2n) is 6.78. The van der Waals surface area contributed by atoms with E-state index in [9.17, 15) is 0 Å². The summed E-state index contributed by atoms with van der Waals surface area (Å²) >= 11 is 0. The Morgan fingerprint density at radius 3 is 2.67 bits per heavy atom. The largest absolute Gasteiger partial charge is 0.497 e. The van der Waals surface area contributed by atoms with E-state index >= 15 is 0 Å². The Balaban J connectivity index is 1.49. The van der Waals surface area contributed by atoms with Gasteiger partial charge in [-0.3, -0.25) is 4.90 Å². The van der Waals surface area contributed by atoms with Crippen molar-refractivity contribution >= 4 is 0 Å². The van der Waals surface area contributed by atoms with E-state index in [1.165, 1.54) is 12.0 Å². The van der Waals surface area contributed by atoms with Crippen LogP contribution in [0.4, 0.5) is 0 Å². The normalized spacial score (nSPS) is 17.2. The van der Waals surface area contributed by atoms with Gasteiger partial charge in [0.1, 0.15) is 17.8 Å². The van der Waals surface area contributed by atoms with Gasteiger partial charge in [0.15, 0.2) is 0 Å². The molecule has 140 valence electrons. The van der Waals surface area contributed by atoms with Gasteiger partial charge in [-0.05, 0) is 61.3 Å². The minimum Gasteiger partial charge on any atom is -0.497 e. The van der Waals surface area contributed by atoms with E-state index in [0.29, 0.717) is 11.9 Å². The van der Waals surface area contributed by atoms with E-state index in [0.717, 1.165) is 42.3 Å². The SMILES string of the molecule is COc1ccc(-c2nc(CN3CCCC3c3cccc(OC)c3)co2)cc1. The van der Waals surface area contributed by atoms with E-state index in [2.05, 4.69) is 28.1 Å². The summed E-state index contributed by atoms with van der Waals surface area (Å²) < 4.78 is 16.3. The summed E-state index contributed by atoms with van der Waals surface area (Å²) in [7, 11) is 3.37. The molecule has 4 rings (SSSR count). The molecule has 1 saturated heterocycles. The number of aromatic nitrogens is 1. The molecule has 1 atom stereocenters. The minimum absolute atomic E-state index is 0.390. The molecule has 0 radical (unpaired) electrons. The van der Waals surface area contributed by atoms with E-state index in [1.807, 2.05) is 30.3 Å². The fraction of sp³-hybridized carbons (Fsp3) is 0.318. The van der Waals surface area contributed by atoms with Crippen molar-refractivity contribution in [1.29, 1.82) is 0 Å². The molecule has 1 aromatic heterocycles. The maximum absolute atomic E-state index is 5.71. The van der Waals surface area contributed by atoms with Gasteiger partial charge in [-0.1, -0.05) is 12.1 Å². The Morgan fingerprint density at radius 2 is 1.89 bits per heavy atom. The van der Waals surface area contributed by atoms with Crippen LogP contribution in [0.2, 0.25) is 0 Å². The van der Waals surface area contributed by atoms with Crippen LogP contribution in [0, 0.1) is 0 Å². The highest BCUT2D eigenvalue weighted by Gasteiger charge is 2.27. The average Bonchev–Trinajstić information content (AvgIpc) is 3.38. The quantitative estimate of drug-likeness (QED) is 0.635. The second-order valence-corrected chi connectivity index (χ2v) is 6.78. The maximum Gasteiger partial charge on any atom is 0.226 e. The lowest BCUT2D eigenvalue weighted by Gasteiger charge is -2.24. The van der Waals surface area contributed by atoms with Crippen molar-refractivity contribution in [3.63, 3.8) is 0 Å². The minimum atomic E-state index is 0.390. The third-order valence-electron chi connectivity index (χ3n) is 5.10. The van der Waals surface area contributed by atoms with Crippen LogP contribution in [0.5, 0.6) is 11.5 Å². The molecule has 1 fully saturated rings. The van der Waals surface area contributed by atoms with E-state index < -0.39 is 0 Å². The number of hydrogen-bond acceptors (Lipinski definition) is 5. The van der Waals surface area contributed by atoms with Crippen LogP contribution in [0.25, 0.3) is 11.5 Å². The molecule has 0 bridgehead atoms. The molecular formula is C22H24N2O3. The molecule has 0 saturated carbocycles. The summed E-state index contributed by atoms with van der Waals surface area (Å²) in [5, 5.41) is 0. The molecule has 5 heteroatoms. The molecular weight excluding hydrogens is 340 g/mol. The van der Waals surface area contributed by atoms with Gasteiger partial charge >= 0.3 is 0 Å². The monoisotopic (exact) mass is 364 g/mol. The van der Waals surface area contributed by atoms with Crippen molar-refractivity contribution in [1.82, 2.24) is 9.88 Å². The molecule has 2 heterocycles. The standard InChI is InChI=1S/C22H24N2O3/c1-25-19-10-8-16(9-11-19)22-23-18(15-27-22)14-24-12-4-7-21(24)17-5-3-6-20(13-17)26-2/h3,5-6,8-11,13,15,21H,4,7,12,14H2,1-2H3. The van der Waals surface area contributed by atoms with E-state index in [4.69, 9.17) is 13.9 Å². The number of nitrogens with zero attached hydrogens (tertiary/aromatic N) is 2. The lowest BCUT2D eigenvalue weighted by Crippen LogP contribution is -2.22. The number of ether oxygens (including phenoxy) is 2. The summed E-state index contributed by atoms with van der Waals surface area (Å²) in [6.07, 6.45) is 4.10. The molecule has 3 aromatic rings. The highest BCUT2D eigenvalue weighted by atomic mass is 16.5. The third-order valence-corrected chi connectivity index (χ3v) is 5.10. The fourth-order valence-electron chi connectivity index (χ4n) is 3.70. The van der Waals surface area contributed by atoms with Gasteiger partial charge in [-0.2, -0.15) is 0 Å². The van der Waals surface area contributed by atoms with Crippen LogP contribution in [0.3, 0.4) is 0 Å². The Bertz CT molecular complexity index is 889. The maximum atomic E-state index is 5.71. The highest BCUT2D eigenvalue weighted by Crippen LogP contribution is 2.34. The lowest BCUT2D eigenvalue weighted by atomic mass is 10.0. The fourth-order valence-corrected chi connectivity index (χ4v) is 3.70. The molecule has 1 unspecified atom stereocenters. The van der Waals surface area contributed by atoms with Crippen LogP contribution in [-0.4, -0.2) is 30.6 Å². The first kappa shape index (κ1) is 17.6. The van der Waals surface area contributed by atoms with E-state index in [-0.39, 0.29) is 0 Å². The number of oxazole rings is 1. The first-order valence-corrected chi connectivity index (χ1v) is 9.23. The van der Waals surface area contributed by atoms with Gasteiger partial charge in [0.2, 0.25) is 5.89 Å². The van der Waals surface area contributed by atoms with Crippen molar-refractivity contribution in [3.05, 3.63) is 66.1 Å². The first-order valence-electron chi connectivity index (χ1n) is 9.23.